The number of esters is 4. The van der Waals surface area contributed by atoms with E-state index in [1.807, 2.05) is 30.3 Å². The van der Waals surface area contributed by atoms with Crippen LogP contribution in [0.5, 0.6) is 0 Å². The number of unbranched alkanes of at least 4 members (excludes halogenated alkanes) is 2. The molecule has 0 amide bonds. The Kier molecular flexibility index (Phi) is 10.1. The lowest BCUT2D eigenvalue weighted by atomic mass is 9.42. The van der Waals surface area contributed by atoms with Crippen molar-refractivity contribution in [2.75, 3.05) is 6.61 Å². The predicted octanol–water partition coefficient (Wildman–Crippen LogP) is 6.39. The highest BCUT2D eigenvalue weighted by atomic mass is 16.6. The van der Waals surface area contributed by atoms with E-state index in [1.165, 1.54) is 6.92 Å². The fraction of sp³-hybridized carbons (Fsp3) is 0.692. The van der Waals surface area contributed by atoms with Gasteiger partial charge in [-0.3, -0.25) is 14.4 Å². The number of cyclic esters (lactones) is 1. The number of hydrogen-bond donors (Lipinski definition) is 1. The molecule has 1 aromatic rings. The van der Waals surface area contributed by atoms with Gasteiger partial charge in [0, 0.05) is 31.3 Å². The molecule has 0 aromatic heterocycles. The predicted molar refractivity (Wildman–Crippen MR) is 176 cm³/mol. The summed E-state index contributed by atoms with van der Waals surface area (Å²) in [6.45, 7) is 6.36. The second-order valence-electron chi connectivity index (χ2n) is 15.5. The molecular formula is C39H52O9. The van der Waals surface area contributed by atoms with Crippen LogP contribution < -0.4 is 0 Å². The summed E-state index contributed by atoms with van der Waals surface area (Å²) in [5, 5.41) is 12.7. The lowest BCUT2D eigenvalue weighted by molar-refractivity contribution is -0.251. The van der Waals surface area contributed by atoms with Crippen LogP contribution in [0.4, 0.5) is 0 Å². The van der Waals surface area contributed by atoms with Crippen molar-refractivity contribution in [3.05, 3.63) is 47.5 Å². The molecule has 0 spiro atoms. The molecule has 4 saturated carbocycles. The first-order valence-electron chi connectivity index (χ1n) is 18.1. The van der Waals surface area contributed by atoms with Crippen molar-refractivity contribution in [2.24, 2.45) is 34.5 Å². The van der Waals surface area contributed by atoms with E-state index in [2.05, 4.69) is 13.8 Å². The largest absolute Gasteiger partial charge is 0.462 e. The zero-order valence-corrected chi connectivity index (χ0v) is 28.7. The third-order valence-electron chi connectivity index (χ3n) is 13.1. The average molecular weight is 665 g/mol. The van der Waals surface area contributed by atoms with E-state index in [9.17, 15) is 24.3 Å². The van der Waals surface area contributed by atoms with Gasteiger partial charge in [0.1, 0.15) is 25.4 Å². The van der Waals surface area contributed by atoms with Crippen molar-refractivity contribution in [1.29, 1.82) is 0 Å². The molecule has 48 heavy (non-hydrogen) atoms. The summed E-state index contributed by atoms with van der Waals surface area (Å²) in [4.78, 5) is 49.3. The normalized spacial score (nSPS) is 36.9. The first-order valence-corrected chi connectivity index (χ1v) is 18.1. The summed E-state index contributed by atoms with van der Waals surface area (Å²) >= 11 is 0. The van der Waals surface area contributed by atoms with Gasteiger partial charge in [-0.2, -0.15) is 0 Å². The van der Waals surface area contributed by atoms with E-state index in [0.29, 0.717) is 44.4 Å². The van der Waals surface area contributed by atoms with E-state index in [1.54, 1.807) is 6.08 Å². The lowest BCUT2D eigenvalue weighted by Crippen LogP contribution is -2.67. The van der Waals surface area contributed by atoms with Crippen LogP contribution in [0.1, 0.15) is 110 Å². The fourth-order valence-corrected chi connectivity index (χ4v) is 10.6. The van der Waals surface area contributed by atoms with E-state index in [-0.39, 0.29) is 66.4 Å². The van der Waals surface area contributed by atoms with Crippen LogP contribution in [0.3, 0.4) is 0 Å². The Balaban J connectivity index is 1.01. The molecule has 9 heteroatoms. The minimum Gasteiger partial charge on any atom is -0.462 e. The Bertz CT molecular complexity index is 1410. The summed E-state index contributed by atoms with van der Waals surface area (Å²) in [7, 11) is 0. The second kappa shape index (κ2) is 14.0. The van der Waals surface area contributed by atoms with E-state index < -0.39 is 17.1 Å². The SMILES string of the molecule is CC(=O)O[C@@H]1C[C@H]2[C@@H](CC[C@@H]3C[C@@H](OC(=O)CCCCCC(=O)OCc4ccccc4)CC[C@@]32C)[C@@]2(O)CC[C@H](C3=CC(=O)OC3)[C@@]12C. The topological polar surface area (TPSA) is 125 Å². The smallest absolute Gasteiger partial charge is 0.331 e. The van der Waals surface area contributed by atoms with Gasteiger partial charge in [-0.25, -0.2) is 4.79 Å². The standard InChI is InChI=1S/C39H52O9/c1-25(40)47-33-22-32-31(39(44)19-17-30(38(33,39)3)27-20-36(43)46-24-27)15-14-28-21-29(16-18-37(28,32)2)48-35(42)13-9-5-8-12-34(41)45-23-26-10-6-4-7-11-26/h4,6-7,10-11,20,28-33,44H,5,8-9,12-19,21-24H2,1-3H3/t28-,29+,30-,31-,32+,33-,37+,38+,39+/m1/s1. The lowest BCUT2D eigenvalue weighted by Gasteiger charge is -2.65. The van der Waals surface area contributed by atoms with Crippen molar-refractivity contribution in [3.63, 3.8) is 0 Å². The molecule has 9 atom stereocenters. The van der Waals surface area contributed by atoms with Crippen LogP contribution in [0, 0.1) is 34.5 Å². The zero-order valence-electron chi connectivity index (χ0n) is 28.7. The van der Waals surface area contributed by atoms with Gasteiger partial charge in [0.15, 0.2) is 0 Å². The molecule has 0 unspecified atom stereocenters. The molecule has 4 fully saturated rings. The molecule has 1 heterocycles. The fourth-order valence-electron chi connectivity index (χ4n) is 10.6. The van der Waals surface area contributed by atoms with Crippen molar-refractivity contribution < 1.29 is 43.2 Å². The maximum Gasteiger partial charge on any atom is 0.331 e. The summed E-state index contributed by atoms with van der Waals surface area (Å²) < 4.78 is 22.7. The minimum atomic E-state index is -1.02. The monoisotopic (exact) mass is 664 g/mol. The van der Waals surface area contributed by atoms with Crippen LogP contribution in [0.15, 0.2) is 42.0 Å². The number of fused-ring (bicyclic) bond motifs is 5. The summed E-state index contributed by atoms with van der Waals surface area (Å²) in [6, 6.07) is 9.61. The van der Waals surface area contributed by atoms with Gasteiger partial charge in [-0.1, -0.05) is 50.6 Å². The zero-order chi connectivity index (χ0) is 34.1. The van der Waals surface area contributed by atoms with Crippen LogP contribution in [0.2, 0.25) is 0 Å². The molecule has 9 nitrogen and oxygen atoms in total. The molecular weight excluding hydrogens is 612 g/mol. The first kappa shape index (κ1) is 34.7. The Morgan fingerprint density at radius 1 is 0.896 bits per heavy atom. The third kappa shape index (κ3) is 6.56. The number of carbonyl (C=O) groups excluding carboxylic acids is 4. The van der Waals surface area contributed by atoms with Gasteiger partial charge < -0.3 is 24.1 Å². The first-order chi connectivity index (χ1) is 22.9. The van der Waals surface area contributed by atoms with Gasteiger partial charge >= 0.3 is 23.9 Å². The number of rotatable bonds is 11. The quantitative estimate of drug-likeness (QED) is 0.163. The summed E-state index contributed by atoms with van der Waals surface area (Å²) in [5.74, 6) is -0.603. The van der Waals surface area contributed by atoms with Crippen LogP contribution in [0.25, 0.3) is 0 Å². The summed E-state index contributed by atoms with van der Waals surface area (Å²) in [5.41, 5.74) is 0.0593. The number of benzene rings is 1. The highest BCUT2D eigenvalue weighted by molar-refractivity contribution is 5.85. The summed E-state index contributed by atoms with van der Waals surface area (Å²) in [6.07, 6.45) is 10.1. The van der Waals surface area contributed by atoms with Crippen LogP contribution in [-0.2, 0) is 44.7 Å². The number of ether oxygens (including phenoxy) is 4. The molecule has 1 aromatic carbocycles. The third-order valence-corrected chi connectivity index (χ3v) is 13.1. The Labute approximate surface area is 284 Å². The second-order valence-corrected chi connectivity index (χ2v) is 15.5. The van der Waals surface area contributed by atoms with Gasteiger partial charge in [-0.05, 0) is 104 Å². The van der Waals surface area contributed by atoms with Crippen LogP contribution in [-0.4, -0.2) is 53.4 Å². The van der Waals surface area contributed by atoms with Crippen molar-refractivity contribution >= 4 is 23.9 Å². The van der Waals surface area contributed by atoms with Crippen molar-refractivity contribution in [1.82, 2.24) is 0 Å². The molecule has 1 N–H and O–H groups in total. The molecule has 262 valence electrons. The maximum atomic E-state index is 12.8. The van der Waals surface area contributed by atoms with E-state index >= 15 is 0 Å². The number of hydrogen-bond acceptors (Lipinski definition) is 9. The highest BCUT2D eigenvalue weighted by Gasteiger charge is 2.72. The van der Waals surface area contributed by atoms with Crippen molar-refractivity contribution in [2.45, 2.75) is 129 Å². The minimum absolute atomic E-state index is 0.0638. The maximum absolute atomic E-state index is 12.8. The molecule has 0 radical (unpaired) electrons. The Hall–Kier alpha value is -3.20. The van der Waals surface area contributed by atoms with Gasteiger partial charge in [0.05, 0.1) is 5.60 Å². The van der Waals surface area contributed by atoms with Gasteiger partial charge in [0.2, 0.25) is 0 Å². The molecule has 0 bridgehead atoms. The molecule has 0 saturated heterocycles. The molecule has 4 aliphatic carbocycles. The number of aliphatic hydroxyl groups is 1. The van der Waals surface area contributed by atoms with Gasteiger partial charge in [0.25, 0.3) is 0 Å². The number of carbonyl (C=O) groups is 4. The van der Waals surface area contributed by atoms with Crippen molar-refractivity contribution in [3.8, 4) is 0 Å². The van der Waals surface area contributed by atoms with Gasteiger partial charge in [-0.15, -0.1) is 0 Å². The Morgan fingerprint density at radius 3 is 2.35 bits per heavy atom. The molecule has 5 aliphatic rings. The van der Waals surface area contributed by atoms with E-state index in [4.69, 9.17) is 18.9 Å². The Morgan fingerprint density at radius 2 is 1.65 bits per heavy atom. The average Bonchev–Trinajstić information content (AvgIpc) is 3.61. The molecule has 1 aliphatic heterocycles. The van der Waals surface area contributed by atoms with E-state index in [0.717, 1.165) is 56.1 Å². The molecule has 6 rings (SSSR count). The highest BCUT2D eigenvalue weighted by Crippen LogP contribution is 2.70. The van der Waals surface area contributed by atoms with Crippen LogP contribution >= 0.6 is 0 Å².